The molecule has 0 saturated heterocycles. The van der Waals surface area contributed by atoms with Crippen LogP contribution in [0.3, 0.4) is 0 Å². The average molecular weight is 162 g/mol. The Bertz CT molecular complexity index is 46.8. The van der Waals surface area contributed by atoms with Crippen molar-refractivity contribution in [2.45, 2.75) is 0 Å². The Labute approximate surface area is 61.5 Å². The number of hydrogen-bond acceptors (Lipinski definition) is 1. The van der Waals surface area contributed by atoms with Crippen molar-refractivity contribution >= 4 is 6.03 Å². The molecule has 0 atom stereocenters. The van der Waals surface area contributed by atoms with Gasteiger partial charge in [0.15, 0.2) is 0 Å². The first kappa shape index (κ1) is 9.62. The molecule has 2 amide bonds. The minimum atomic E-state index is -0.606. The first-order valence-corrected chi connectivity index (χ1v) is 1.10. The molecule has 0 rings (SSSR count). The Morgan fingerprint density at radius 3 is 2.00 bits per heavy atom. The van der Waals surface area contributed by atoms with Crippen LogP contribution >= 0.6 is 0 Å². The normalized spacial score (nSPS) is 5.50. The molecule has 0 aliphatic heterocycles. The molecule has 6 heavy (non-hydrogen) atoms. The van der Waals surface area contributed by atoms with Crippen LogP contribution in [0.5, 0.6) is 0 Å². The van der Waals surface area contributed by atoms with Gasteiger partial charge in [-0.1, -0.05) is 0 Å². The first-order valence-electron chi connectivity index (χ1n) is 1.10. The molecule has 0 bridgehead atoms. The molecule has 3 N–H and O–H groups in total. The van der Waals surface area contributed by atoms with E-state index in [1.165, 1.54) is 0 Å². The fourth-order valence-electron chi connectivity index (χ4n) is 0. The van der Waals surface area contributed by atoms with Crippen LogP contribution in [0.2, 0.25) is 0 Å². The Morgan fingerprint density at radius 2 is 2.00 bits per heavy atom. The van der Waals surface area contributed by atoms with E-state index in [0.717, 1.165) is 0 Å². The summed E-state index contributed by atoms with van der Waals surface area (Å²) in [5, 5.41) is 1.92. The molecule has 0 aromatic heterocycles. The summed E-state index contributed by atoms with van der Waals surface area (Å²) in [4.78, 5) is 9.42. The van der Waals surface area contributed by atoms with Gasteiger partial charge in [-0.3, -0.25) is 11.8 Å². The average Bonchev–Trinajstić information content (AvgIpc) is 1.38. The fourth-order valence-corrected chi connectivity index (χ4v) is 0. The third-order valence-electron chi connectivity index (χ3n) is 0.174. The van der Waals surface area contributed by atoms with E-state index in [4.69, 9.17) is 0 Å². The largest absolute Gasteiger partial charge is 0.490 e. The van der Waals surface area contributed by atoms with E-state index in [1.807, 2.05) is 5.32 Å². The summed E-state index contributed by atoms with van der Waals surface area (Å²) in [7, 11) is 2.96. The van der Waals surface area contributed by atoms with Gasteiger partial charge < -0.3 is 11.1 Å². The molecule has 0 unspecified atom stereocenters. The van der Waals surface area contributed by atoms with Gasteiger partial charge in [0.05, 0.1) is 0 Å². The summed E-state index contributed by atoms with van der Waals surface area (Å²) in [6, 6.07) is -0.606. The predicted octanol–water partition coefficient (Wildman–Crippen LogP) is -0.556. The molecule has 0 heterocycles. The number of nitrogens with two attached hydrogens (primary N) is 1. The SMILES string of the molecule is [CH2-]NC(N)=O.[Y]. The second kappa shape index (κ2) is 5.37. The molecule has 0 aromatic rings. The Balaban J connectivity index is 0. The van der Waals surface area contributed by atoms with Gasteiger partial charge in [0.25, 0.3) is 6.03 Å². The molecule has 0 spiro atoms. The Kier molecular flexibility index (Phi) is 8.62. The molecule has 1 radical (unpaired) electrons. The van der Waals surface area contributed by atoms with Gasteiger partial charge in [-0.05, 0) is 0 Å². The summed E-state index contributed by atoms with van der Waals surface area (Å²) >= 11 is 0. The number of hydrogen-bond donors (Lipinski definition) is 2. The quantitative estimate of drug-likeness (QED) is 0.461. The van der Waals surface area contributed by atoms with E-state index in [-0.39, 0.29) is 32.7 Å². The van der Waals surface area contributed by atoms with Crippen molar-refractivity contribution in [1.82, 2.24) is 5.32 Å². The van der Waals surface area contributed by atoms with Crippen LogP contribution in [0.4, 0.5) is 4.79 Å². The molecule has 33 valence electrons. The topological polar surface area (TPSA) is 55.1 Å². The van der Waals surface area contributed by atoms with Crippen LogP contribution in [-0.2, 0) is 32.7 Å². The molecule has 0 saturated carbocycles. The molecule has 0 aliphatic rings. The first-order chi connectivity index (χ1) is 2.27. The number of primary amides is 1. The number of nitrogens with one attached hydrogen (secondary N) is 1. The predicted molar refractivity (Wildman–Crippen MR) is 18.1 cm³/mol. The van der Waals surface area contributed by atoms with E-state index < -0.39 is 6.03 Å². The van der Waals surface area contributed by atoms with Crippen molar-refractivity contribution in [2.75, 3.05) is 0 Å². The van der Waals surface area contributed by atoms with Gasteiger partial charge in [-0.25, -0.2) is 0 Å². The van der Waals surface area contributed by atoms with Crippen molar-refractivity contribution in [1.29, 1.82) is 0 Å². The monoisotopic (exact) mass is 162 g/mol. The van der Waals surface area contributed by atoms with Gasteiger partial charge in [0, 0.05) is 32.7 Å². The minimum absolute atomic E-state index is 0. The maximum absolute atomic E-state index is 9.42. The molecule has 0 aliphatic carbocycles. The van der Waals surface area contributed by atoms with Crippen molar-refractivity contribution < 1.29 is 37.5 Å². The molecular weight excluding hydrogens is 157 g/mol. The maximum Gasteiger partial charge on any atom is 0.282 e. The molecule has 3 nitrogen and oxygen atoms in total. The summed E-state index contributed by atoms with van der Waals surface area (Å²) in [5.74, 6) is 0. The second-order valence-corrected chi connectivity index (χ2v) is 0.541. The van der Waals surface area contributed by atoms with Gasteiger partial charge >= 0.3 is 0 Å². The Hall–Kier alpha value is 0.374. The molecular formula is C2H5N2OY-. The number of rotatable bonds is 0. The van der Waals surface area contributed by atoms with Crippen LogP contribution in [0.15, 0.2) is 0 Å². The van der Waals surface area contributed by atoms with Gasteiger partial charge in [0.1, 0.15) is 0 Å². The second-order valence-electron chi connectivity index (χ2n) is 0.541. The van der Waals surface area contributed by atoms with E-state index in [2.05, 4.69) is 12.8 Å². The van der Waals surface area contributed by atoms with Crippen LogP contribution in [-0.4, -0.2) is 6.03 Å². The number of urea groups is 1. The van der Waals surface area contributed by atoms with Crippen molar-refractivity contribution in [3.63, 3.8) is 0 Å². The summed E-state index contributed by atoms with van der Waals surface area (Å²) in [6.07, 6.45) is 0. The molecule has 0 aromatic carbocycles. The summed E-state index contributed by atoms with van der Waals surface area (Å²) < 4.78 is 0. The smallest absolute Gasteiger partial charge is 0.282 e. The number of amides is 2. The van der Waals surface area contributed by atoms with E-state index >= 15 is 0 Å². The summed E-state index contributed by atoms with van der Waals surface area (Å²) in [5.41, 5.74) is 4.48. The van der Waals surface area contributed by atoms with E-state index in [0.29, 0.717) is 0 Å². The minimum Gasteiger partial charge on any atom is -0.490 e. The third-order valence-corrected chi connectivity index (χ3v) is 0.174. The van der Waals surface area contributed by atoms with E-state index in [9.17, 15) is 4.79 Å². The van der Waals surface area contributed by atoms with Crippen molar-refractivity contribution in [3.8, 4) is 0 Å². The zero-order chi connectivity index (χ0) is 4.28. The Morgan fingerprint density at radius 1 is 1.83 bits per heavy atom. The third kappa shape index (κ3) is 8.84. The number of carbonyl (C=O) groups excluding carboxylic acids is 1. The van der Waals surface area contributed by atoms with Crippen LogP contribution in [0, 0.1) is 7.05 Å². The zero-order valence-electron chi connectivity index (χ0n) is 3.27. The van der Waals surface area contributed by atoms with Crippen LogP contribution in [0.25, 0.3) is 0 Å². The molecule has 4 heteroatoms. The zero-order valence-corrected chi connectivity index (χ0v) is 6.11. The van der Waals surface area contributed by atoms with Gasteiger partial charge in [-0.15, -0.1) is 0 Å². The van der Waals surface area contributed by atoms with Gasteiger partial charge in [0.2, 0.25) is 0 Å². The van der Waals surface area contributed by atoms with Crippen molar-refractivity contribution in [3.05, 3.63) is 7.05 Å². The van der Waals surface area contributed by atoms with Crippen molar-refractivity contribution in [2.24, 2.45) is 5.73 Å². The standard InChI is InChI=1S/C2H5N2O.Y/c1-4-2(3)5;/h1H2,(H3,3,4,5);/q-1;. The maximum atomic E-state index is 9.42. The van der Waals surface area contributed by atoms with Crippen LogP contribution in [0.1, 0.15) is 0 Å². The number of carbonyl (C=O) groups is 1. The fraction of sp³-hybridized carbons (Fsp3) is 0. The molecule has 0 fully saturated rings. The summed E-state index contributed by atoms with van der Waals surface area (Å²) in [6.45, 7) is 0. The van der Waals surface area contributed by atoms with Gasteiger partial charge in [-0.2, -0.15) is 0 Å². The van der Waals surface area contributed by atoms with E-state index in [1.54, 1.807) is 0 Å². The van der Waals surface area contributed by atoms with Crippen LogP contribution < -0.4 is 11.1 Å².